The van der Waals surface area contributed by atoms with Gasteiger partial charge in [-0.1, -0.05) is 13.3 Å². The van der Waals surface area contributed by atoms with Gasteiger partial charge in [-0.3, -0.25) is 4.79 Å². The van der Waals surface area contributed by atoms with Crippen LogP contribution in [-0.2, 0) is 14.8 Å². The van der Waals surface area contributed by atoms with Crippen LogP contribution in [0.2, 0.25) is 0 Å². The minimum absolute atomic E-state index is 0.133. The Morgan fingerprint density at radius 2 is 1.73 bits per heavy atom. The quantitative estimate of drug-likeness (QED) is 0.716. The third-order valence-corrected chi connectivity index (χ3v) is 7.17. The average Bonchev–Trinajstić information content (AvgIpc) is 3.06. The maximum Gasteiger partial charge on any atom is 0.252 e. The molecule has 1 aliphatic rings. The summed E-state index contributed by atoms with van der Waals surface area (Å²) >= 11 is 0. The van der Waals surface area contributed by atoms with Crippen LogP contribution in [0.1, 0.15) is 49.7 Å². The molecule has 0 radical (unpaired) electrons. The summed E-state index contributed by atoms with van der Waals surface area (Å²) < 4.78 is 27.8. The van der Waals surface area contributed by atoms with Crippen molar-refractivity contribution in [1.29, 1.82) is 0 Å². The zero-order chi connectivity index (χ0) is 21.9. The van der Waals surface area contributed by atoms with Gasteiger partial charge in [-0.2, -0.15) is 9.78 Å². The molecule has 3 heterocycles. The van der Waals surface area contributed by atoms with E-state index in [4.69, 9.17) is 0 Å². The Morgan fingerprint density at radius 1 is 1.10 bits per heavy atom. The van der Waals surface area contributed by atoms with Crippen LogP contribution in [0.4, 0.5) is 5.82 Å². The minimum Gasteiger partial charge on any atom is -0.310 e. The second kappa shape index (κ2) is 9.22. The summed E-state index contributed by atoms with van der Waals surface area (Å²) in [6.45, 7) is 8.34. The largest absolute Gasteiger partial charge is 0.310 e. The standard InChI is InChI=1S/C20H30N6O3S/c1-5-6-11-30(28,29)25-9-7-17(8-10-25)19(27)23-18-13-16(4)24-26(18)20-21-14(2)12-15(3)22-20/h12-13,17H,5-11H2,1-4H3,(H,23,27). The molecule has 1 N–H and O–H groups in total. The van der Waals surface area contributed by atoms with E-state index in [1.165, 1.54) is 8.99 Å². The van der Waals surface area contributed by atoms with Crippen molar-refractivity contribution in [2.75, 3.05) is 24.2 Å². The molecule has 0 aliphatic carbocycles. The van der Waals surface area contributed by atoms with E-state index in [1.54, 1.807) is 6.07 Å². The summed E-state index contributed by atoms with van der Waals surface area (Å²) in [5.74, 6) is 0.722. The number of nitrogens with one attached hydrogen (secondary N) is 1. The number of unbranched alkanes of at least 4 members (excludes halogenated alkanes) is 1. The summed E-state index contributed by atoms with van der Waals surface area (Å²) in [4.78, 5) is 21.7. The number of aromatic nitrogens is 4. The van der Waals surface area contributed by atoms with Crippen LogP contribution in [0.5, 0.6) is 0 Å². The molecule has 1 aliphatic heterocycles. The molecule has 3 rings (SSSR count). The first-order valence-corrected chi connectivity index (χ1v) is 12.0. The van der Waals surface area contributed by atoms with Gasteiger partial charge in [0.2, 0.25) is 15.9 Å². The van der Waals surface area contributed by atoms with Gasteiger partial charge in [0.05, 0.1) is 11.4 Å². The first-order valence-electron chi connectivity index (χ1n) is 10.4. The zero-order valence-corrected chi connectivity index (χ0v) is 18.9. The van der Waals surface area contributed by atoms with Gasteiger partial charge < -0.3 is 5.32 Å². The van der Waals surface area contributed by atoms with Crippen molar-refractivity contribution in [3.63, 3.8) is 0 Å². The molecule has 1 saturated heterocycles. The number of hydrogen-bond donors (Lipinski definition) is 1. The molecular formula is C20H30N6O3S. The summed E-state index contributed by atoms with van der Waals surface area (Å²) in [5.41, 5.74) is 2.38. The lowest BCUT2D eigenvalue weighted by Crippen LogP contribution is -2.42. The molecule has 9 nitrogen and oxygen atoms in total. The van der Waals surface area contributed by atoms with Crippen molar-refractivity contribution in [2.45, 2.75) is 53.4 Å². The van der Waals surface area contributed by atoms with E-state index in [2.05, 4.69) is 20.4 Å². The number of carbonyl (C=O) groups excluding carboxylic acids is 1. The molecular weight excluding hydrogens is 404 g/mol. The van der Waals surface area contributed by atoms with E-state index in [-0.39, 0.29) is 17.6 Å². The molecule has 2 aromatic rings. The van der Waals surface area contributed by atoms with E-state index < -0.39 is 10.0 Å². The van der Waals surface area contributed by atoms with E-state index >= 15 is 0 Å². The van der Waals surface area contributed by atoms with Crippen molar-refractivity contribution in [2.24, 2.45) is 5.92 Å². The van der Waals surface area contributed by atoms with Gasteiger partial charge in [-0.15, -0.1) is 0 Å². The second-order valence-corrected chi connectivity index (χ2v) is 9.95. The van der Waals surface area contributed by atoms with Crippen LogP contribution >= 0.6 is 0 Å². The molecule has 0 atom stereocenters. The summed E-state index contributed by atoms with van der Waals surface area (Å²) in [6, 6.07) is 3.66. The van der Waals surface area contributed by atoms with Crippen molar-refractivity contribution >= 4 is 21.7 Å². The van der Waals surface area contributed by atoms with E-state index in [0.717, 1.165) is 23.5 Å². The highest BCUT2D eigenvalue weighted by Gasteiger charge is 2.31. The predicted octanol–water partition coefficient (Wildman–Crippen LogP) is 2.37. The monoisotopic (exact) mass is 434 g/mol. The number of nitrogens with zero attached hydrogens (tertiary/aromatic N) is 5. The first kappa shape index (κ1) is 22.4. The van der Waals surface area contributed by atoms with Crippen LogP contribution in [0.15, 0.2) is 12.1 Å². The van der Waals surface area contributed by atoms with Crippen molar-refractivity contribution in [3.8, 4) is 5.95 Å². The number of aryl methyl sites for hydroxylation is 3. The van der Waals surface area contributed by atoms with E-state index in [9.17, 15) is 13.2 Å². The number of hydrogen-bond acceptors (Lipinski definition) is 6. The van der Waals surface area contributed by atoms with Crippen LogP contribution in [0.25, 0.3) is 5.95 Å². The summed E-state index contributed by atoms with van der Waals surface area (Å²) in [7, 11) is -3.23. The fraction of sp³-hybridized carbons (Fsp3) is 0.600. The van der Waals surface area contributed by atoms with Gasteiger partial charge in [0.25, 0.3) is 5.95 Å². The van der Waals surface area contributed by atoms with Gasteiger partial charge >= 0.3 is 0 Å². The molecule has 2 aromatic heterocycles. The summed E-state index contributed by atoms with van der Waals surface area (Å²) in [6.07, 6.45) is 2.51. The van der Waals surface area contributed by atoms with E-state index in [0.29, 0.717) is 44.1 Å². The molecule has 0 unspecified atom stereocenters. The van der Waals surface area contributed by atoms with Crippen LogP contribution in [0.3, 0.4) is 0 Å². The Bertz CT molecular complexity index is 989. The highest BCUT2D eigenvalue weighted by Crippen LogP contribution is 2.23. The minimum atomic E-state index is -3.23. The van der Waals surface area contributed by atoms with Crippen LogP contribution in [-0.4, -0.2) is 57.2 Å². The predicted molar refractivity (Wildman–Crippen MR) is 115 cm³/mol. The zero-order valence-electron chi connectivity index (χ0n) is 18.1. The first-order chi connectivity index (χ1) is 14.2. The number of piperidine rings is 1. The fourth-order valence-corrected chi connectivity index (χ4v) is 5.30. The lowest BCUT2D eigenvalue weighted by Gasteiger charge is -2.30. The molecule has 164 valence electrons. The Morgan fingerprint density at radius 3 is 2.33 bits per heavy atom. The Kier molecular flexibility index (Phi) is 6.87. The molecule has 0 bridgehead atoms. The fourth-order valence-electron chi connectivity index (χ4n) is 3.62. The molecule has 0 spiro atoms. The molecule has 0 saturated carbocycles. The molecule has 30 heavy (non-hydrogen) atoms. The lowest BCUT2D eigenvalue weighted by atomic mass is 9.97. The Hall–Kier alpha value is -2.33. The lowest BCUT2D eigenvalue weighted by molar-refractivity contribution is -0.120. The molecule has 1 fully saturated rings. The second-order valence-electron chi connectivity index (χ2n) is 7.87. The topological polar surface area (TPSA) is 110 Å². The molecule has 10 heteroatoms. The van der Waals surface area contributed by atoms with E-state index in [1.807, 2.05) is 33.8 Å². The van der Waals surface area contributed by atoms with Gasteiger partial charge in [-0.25, -0.2) is 22.7 Å². The maximum absolute atomic E-state index is 12.9. The Labute approximate surface area is 178 Å². The van der Waals surface area contributed by atoms with Crippen LogP contribution in [0, 0.1) is 26.7 Å². The smallest absolute Gasteiger partial charge is 0.252 e. The number of sulfonamides is 1. The van der Waals surface area contributed by atoms with Gasteiger partial charge in [0, 0.05) is 36.5 Å². The highest BCUT2D eigenvalue weighted by atomic mass is 32.2. The molecule has 0 aromatic carbocycles. The highest BCUT2D eigenvalue weighted by molar-refractivity contribution is 7.89. The summed E-state index contributed by atoms with van der Waals surface area (Å²) in [5, 5.41) is 7.36. The van der Waals surface area contributed by atoms with Crippen molar-refractivity contribution < 1.29 is 13.2 Å². The Balaban J connectivity index is 1.68. The maximum atomic E-state index is 12.9. The number of carbonyl (C=O) groups is 1. The van der Waals surface area contributed by atoms with Gasteiger partial charge in [0.1, 0.15) is 5.82 Å². The normalized spacial score (nSPS) is 16.0. The third-order valence-electron chi connectivity index (χ3n) is 5.22. The van der Waals surface area contributed by atoms with Crippen molar-refractivity contribution in [3.05, 3.63) is 29.2 Å². The number of anilines is 1. The number of rotatable bonds is 7. The van der Waals surface area contributed by atoms with Gasteiger partial charge in [0.15, 0.2) is 0 Å². The third kappa shape index (κ3) is 5.23. The number of amides is 1. The SMILES string of the molecule is CCCCS(=O)(=O)N1CCC(C(=O)Nc2cc(C)nn2-c2nc(C)cc(C)n2)CC1. The van der Waals surface area contributed by atoms with Gasteiger partial charge in [-0.05, 0) is 46.1 Å². The molecule has 1 amide bonds. The van der Waals surface area contributed by atoms with Crippen molar-refractivity contribution in [1.82, 2.24) is 24.1 Å². The average molecular weight is 435 g/mol. The van der Waals surface area contributed by atoms with Crippen LogP contribution < -0.4 is 5.32 Å².